The minimum atomic E-state index is 0.376. The third-order valence-corrected chi connectivity index (χ3v) is 4.68. The fraction of sp³-hybridized carbons (Fsp3) is 0.333. The highest BCUT2D eigenvalue weighted by atomic mass is 32.1. The van der Waals surface area contributed by atoms with E-state index in [2.05, 4.69) is 35.8 Å². The van der Waals surface area contributed by atoms with E-state index >= 15 is 0 Å². The Morgan fingerprint density at radius 3 is 3.06 bits per heavy atom. The van der Waals surface area contributed by atoms with Gasteiger partial charge in [-0.2, -0.15) is 0 Å². The van der Waals surface area contributed by atoms with Gasteiger partial charge in [-0.05, 0) is 54.5 Å². The zero-order valence-electron chi connectivity index (χ0n) is 10.4. The molecule has 0 fully saturated rings. The number of rotatable bonds is 3. The van der Waals surface area contributed by atoms with Gasteiger partial charge in [0.2, 0.25) is 0 Å². The summed E-state index contributed by atoms with van der Waals surface area (Å²) < 4.78 is 0. The molecule has 2 nitrogen and oxygen atoms in total. The Hall–Kier alpha value is -1.32. The zero-order chi connectivity index (χ0) is 12.5. The molecule has 0 aliphatic heterocycles. The van der Waals surface area contributed by atoms with Crippen LogP contribution in [-0.4, -0.2) is 5.11 Å². The maximum Gasteiger partial charge on any atom is 0.115 e. The van der Waals surface area contributed by atoms with Crippen LogP contribution in [0, 0.1) is 0 Å². The Bertz CT molecular complexity index is 535. The predicted molar refractivity (Wildman–Crippen MR) is 75.0 cm³/mol. The van der Waals surface area contributed by atoms with Gasteiger partial charge in [0.15, 0.2) is 0 Å². The number of phenolic OH excluding ortho intramolecular Hbond substituents is 1. The van der Waals surface area contributed by atoms with Crippen LogP contribution in [0.15, 0.2) is 35.7 Å². The summed E-state index contributed by atoms with van der Waals surface area (Å²) in [5.74, 6) is 0.376. The monoisotopic (exact) mass is 259 g/mol. The van der Waals surface area contributed by atoms with Gasteiger partial charge in [0.05, 0.1) is 0 Å². The molecule has 0 amide bonds. The second kappa shape index (κ2) is 4.75. The van der Waals surface area contributed by atoms with Crippen molar-refractivity contribution in [1.29, 1.82) is 0 Å². The number of benzene rings is 1. The van der Waals surface area contributed by atoms with Gasteiger partial charge in [0, 0.05) is 17.0 Å². The first-order valence-corrected chi connectivity index (χ1v) is 7.23. The molecule has 1 unspecified atom stereocenters. The van der Waals surface area contributed by atoms with E-state index in [-0.39, 0.29) is 0 Å². The third kappa shape index (κ3) is 2.16. The molecule has 0 bridgehead atoms. The summed E-state index contributed by atoms with van der Waals surface area (Å²) in [6.45, 7) is 2.21. The highest BCUT2D eigenvalue weighted by molar-refractivity contribution is 7.10. The highest BCUT2D eigenvalue weighted by Crippen LogP contribution is 2.35. The SMILES string of the molecule is C[C@@H](NC1CCc2cc(O)ccc21)c1cccs1. The van der Waals surface area contributed by atoms with E-state index in [1.54, 1.807) is 17.4 Å². The smallest absolute Gasteiger partial charge is 0.115 e. The first-order valence-electron chi connectivity index (χ1n) is 6.35. The minimum absolute atomic E-state index is 0.376. The van der Waals surface area contributed by atoms with Crippen molar-refractivity contribution in [2.75, 3.05) is 0 Å². The summed E-state index contributed by atoms with van der Waals surface area (Å²) in [4.78, 5) is 1.38. The van der Waals surface area contributed by atoms with Gasteiger partial charge in [0.1, 0.15) is 5.75 Å². The van der Waals surface area contributed by atoms with Gasteiger partial charge in [-0.25, -0.2) is 0 Å². The Balaban J connectivity index is 1.77. The van der Waals surface area contributed by atoms with Crippen molar-refractivity contribution >= 4 is 11.3 Å². The van der Waals surface area contributed by atoms with Crippen molar-refractivity contribution in [1.82, 2.24) is 5.32 Å². The molecule has 0 saturated heterocycles. The van der Waals surface area contributed by atoms with Gasteiger partial charge < -0.3 is 10.4 Å². The van der Waals surface area contributed by atoms with E-state index in [4.69, 9.17) is 0 Å². The molecule has 1 heterocycles. The fourth-order valence-corrected chi connectivity index (χ4v) is 3.44. The minimum Gasteiger partial charge on any atom is -0.508 e. The van der Waals surface area contributed by atoms with Gasteiger partial charge in [-0.1, -0.05) is 12.1 Å². The Morgan fingerprint density at radius 1 is 1.39 bits per heavy atom. The van der Waals surface area contributed by atoms with E-state index in [0.717, 1.165) is 12.8 Å². The van der Waals surface area contributed by atoms with Crippen molar-refractivity contribution in [3.8, 4) is 5.75 Å². The normalized spacial score (nSPS) is 19.7. The van der Waals surface area contributed by atoms with E-state index in [1.165, 1.54) is 16.0 Å². The lowest BCUT2D eigenvalue weighted by Gasteiger charge is -2.19. The van der Waals surface area contributed by atoms with E-state index in [9.17, 15) is 5.11 Å². The topological polar surface area (TPSA) is 32.3 Å². The average Bonchev–Trinajstić information content (AvgIpc) is 2.98. The zero-order valence-corrected chi connectivity index (χ0v) is 11.2. The molecule has 2 atom stereocenters. The molecule has 3 rings (SSSR count). The summed E-state index contributed by atoms with van der Waals surface area (Å²) in [5.41, 5.74) is 2.63. The molecule has 0 saturated carbocycles. The maximum absolute atomic E-state index is 9.50. The number of thiophene rings is 1. The van der Waals surface area contributed by atoms with Crippen LogP contribution in [0.3, 0.4) is 0 Å². The predicted octanol–water partition coefficient (Wildman–Crippen LogP) is 3.79. The molecule has 1 aromatic carbocycles. The molecule has 2 N–H and O–H groups in total. The van der Waals surface area contributed by atoms with Crippen molar-refractivity contribution in [2.45, 2.75) is 31.8 Å². The largest absolute Gasteiger partial charge is 0.508 e. The van der Waals surface area contributed by atoms with Crippen molar-refractivity contribution in [2.24, 2.45) is 0 Å². The van der Waals surface area contributed by atoms with Crippen LogP contribution < -0.4 is 5.32 Å². The molecule has 2 aromatic rings. The molecule has 3 heteroatoms. The molecule has 1 aromatic heterocycles. The van der Waals surface area contributed by atoms with Crippen molar-refractivity contribution < 1.29 is 5.11 Å². The van der Waals surface area contributed by atoms with Crippen LogP contribution >= 0.6 is 11.3 Å². The summed E-state index contributed by atoms with van der Waals surface area (Å²) >= 11 is 1.80. The number of nitrogens with one attached hydrogen (secondary N) is 1. The first kappa shape index (κ1) is 11.8. The second-order valence-corrected chi connectivity index (χ2v) is 5.86. The molecule has 1 aliphatic carbocycles. The van der Waals surface area contributed by atoms with Crippen LogP contribution in [0.2, 0.25) is 0 Å². The van der Waals surface area contributed by atoms with Crippen molar-refractivity contribution in [3.05, 3.63) is 51.7 Å². The lowest BCUT2D eigenvalue weighted by atomic mass is 10.1. The lowest BCUT2D eigenvalue weighted by molar-refractivity contribution is 0.468. The third-order valence-electron chi connectivity index (χ3n) is 3.63. The average molecular weight is 259 g/mol. The molecular formula is C15H17NOS. The maximum atomic E-state index is 9.50. The number of hydrogen-bond acceptors (Lipinski definition) is 3. The number of aromatic hydroxyl groups is 1. The van der Waals surface area contributed by atoms with Gasteiger partial charge in [-0.15, -0.1) is 11.3 Å². The van der Waals surface area contributed by atoms with Crippen LogP contribution in [0.25, 0.3) is 0 Å². The molecule has 0 radical (unpaired) electrons. The Kier molecular flexibility index (Phi) is 3.10. The van der Waals surface area contributed by atoms with E-state index in [0.29, 0.717) is 17.8 Å². The molecular weight excluding hydrogens is 242 g/mol. The second-order valence-electron chi connectivity index (χ2n) is 4.88. The standard InChI is InChI=1S/C15H17NOS/c1-10(15-3-2-8-18-15)16-14-7-4-11-9-12(17)5-6-13(11)14/h2-3,5-6,8-10,14,16-17H,4,7H2,1H3/t10-,14?/m1/s1. The Labute approximate surface area is 111 Å². The first-order chi connectivity index (χ1) is 8.74. The number of phenols is 1. The summed E-state index contributed by atoms with van der Waals surface area (Å²) in [7, 11) is 0. The van der Waals surface area contributed by atoms with Crippen molar-refractivity contribution in [3.63, 3.8) is 0 Å². The van der Waals surface area contributed by atoms with Crippen LogP contribution in [0.1, 0.15) is 41.4 Å². The van der Waals surface area contributed by atoms with Gasteiger partial charge in [-0.3, -0.25) is 0 Å². The van der Waals surface area contributed by atoms with Crippen LogP contribution in [-0.2, 0) is 6.42 Å². The Morgan fingerprint density at radius 2 is 2.28 bits per heavy atom. The van der Waals surface area contributed by atoms with E-state index < -0.39 is 0 Å². The number of hydrogen-bond donors (Lipinski definition) is 2. The van der Waals surface area contributed by atoms with Crippen LogP contribution in [0.5, 0.6) is 5.75 Å². The summed E-state index contributed by atoms with van der Waals surface area (Å²) in [5, 5.41) is 15.3. The molecule has 1 aliphatic rings. The highest BCUT2D eigenvalue weighted by Gasteiger charge is 2.24. The number of aryl methyl sites for hydroxylation is 1. The number of fused-ring (bicyclic) bond motifs is 1. The molecule has 94 valence electrons. The molecule has 18 heavy (non-hydrogen) atoms. The van der Waals surface area contributed by atoms with E-state index in [1.807, 2.05) is 6.07 Å². The molecule has 0 spiro atoms. The van der Waals surface area contributed by atoms with Gasteiger partial charge in [0.25, 0.3) is 0 Å². The fourth-order valence-electron chi connectivity index (χ4n) is 2.70. The summed E-state index contributed by atoms with van der Waals surface area (Å²) in [6, 6.07) is 10.8. The lowest BCUT2D eigenvalue weighted by Crippen LogP contribution is -2.22. The van der Waals surface area contributed by atoms with Gasteiger partial charge >= 0.3 is 0 Å². The quantitative estimate of drug-likeness (QED) is 0.879. The van der Waals surface area contributed by atoms with Crippen LogP contribution in [0.4, 0.5) is 0 Å². The summed E-state index contributed by atoms with van der Waals surface area (Å²) in [6.07, 6.45) is 2.17.